The Morgan fingerprint density at radius 3 is 2.34 bits per heavy atom. The summed E-state index contributed by atoms with van der Waals surface area (Å²) in [5.74, 6) is 0.395. The van der Waals surface area contributed by atoms with E-state index in [1.54, 1.807) is 24.3 Å². The lowest BCUT2D eigenvalue weighted by atomic mass is 10.1. The lowest BCUT2D eigenvalue weighted by molar-refractivity contribution is -0.123. The zero-order valence-electron chi connectivity index (χ0n) is 16.0. The van der Waals surface area contributed by atoms with Crippen LogP contribution in [0.1, 0.15) is 22.3 Å². The van der Waals surface area contributed by atoms with Crippen LogP contribution < -0.4 is 26.6 Å². The SMILES string of the molecule is CSCC[C@@H](NC(N)=O)C(=O)NNC(=O)c1ccc(COc2ccccc2)cc1. The summed E-state index contributed by atoms with van der Waals surface area (Å²) < 4.78 is 5.66. The van der Waals surface area contributed by atoms with Crippen molar-refractivity contribution in [2.75, 3.05) is 12.0 Å². The Morgan fingerprint density at radius 2 is 1.72 bits per heavy atom. The van der Waals surface area contributed by atoms with Gasteiger partial charge >= 0.3 is 6.03 Å². The Bertz CT molecular complexity index is 815. The van der Waals surface area contributed by atoms with Crippen LogP contribution in [0.4, 0.5) is 4.79 Å². The molecular weight excluding hydrogens is 392 g/mol. The van der Waals surface area contributed by atoms with Crippen molar-refractivity contribution in [1.29, 1.82) is 0 Å². The van der Waals surface area contributed by atoms with Crippen molar-refractivity contribution in [3.8, 4) is 5.75 Å². The van der Waals surface area contributed by atoms with E-state index in [9.17, 15) is 14.4 Å². The number of urea groups is 1. The van der Waals surface area contributed by atoms with Crippen molar-refractivity contribution in [2.45, 2.75) is 19.1 Å². The van der Waals surface area contributed by atoms with Gasteiger partial charge in [0.25, 0.3) is 11.8 Å². The first kappa shape index (κ1) is 22.1. The van der Waals surface area contributed by atoms with Crippen LogP contribution in [0.2, 0.25) is 0 Å². The molecule has 0 bridgehead atoms. The molecule has 0 fully saturated rings. The van der Waals surface area contributed by atoms with Crippen LogP contribution >= 0.6 is 11.8 Å². The van der Waals surface area contributed by atoms with Gasteiger partial charge in [-0.2, -0.15) is 11.8 Å². The molecule has 2 rings (SSSR count). The number of amides is 4. The average molecular weight is 417 g/mol. The van der Waals surface area contributed by atoms with Crippen molar-refractivity contribution < 1.29 is 19.1 Å². The molecular formula is C20H24N4O4S. The van der Waals surface area contributed by atoms with Crippen LogP contribution in [0.15, 0.2) is 54.6 Å². The molecule has 2 aromatic rings. The van der Waals surface area contributed by atoms with E-state index in [4.69, 9.17) is 10.5 Å². The lowest BCUT2D eigenvalue weighted by Gasteiger charge is -2.17. The second-order valence-corrected chi connectivity index (χ2v) is 7.07. The second kappa shape index (κ2) is 11.6. The molecule has 29 heavy (non-hydrogen) atoms. The fourth-order valence-electron chi connectivity index (χ4n) is 2.39. The maximum absolute atomic E-state index is 12.2. The molecule has 0 saturated carbocycles. The van der Waals surface area contributed by atoms with Gasteiger partial charge in [-0.05, 0) is 48.3 Å². The number of carbonyl (C=O) groups excluding carboxylic acids is 3. The van der Waals surface area contributed by atoms with Gasteiger partial charge in [-0.15, -0.1) is 0 Å². The third kappa shape index (κ3) is 7.74. The van der Waals surface area contributed by atoms with Crippen LogP contribution in [-0.4, -0.2) is 35.9 Å². The monoisotopic (exact) mass is 416 g/mol. The second-order valence-electron chi connectivity index (χ2n) is 6.08. The molecule has 0 unspecified atom stereocenters. The van der Waals surface area contributed by atoms with E-state index < -0.39 is 23.9 Å². The number of hydrogen-bond acceptors (Lipinski definition) is 5. The largest absolute Gasteiger partial charge is 0.489 e. The molecule has 0 heterocycles. The first-order chi connectivity index (χ1) is 14.0. The standard InChI is InChI=1S/C20H24N4O4S/c1-29-12-11-17(22-20(21)27)19(26)24-23-18(25)15-9-7-14(8-10-15)13-28-16-5-3-2-4-6-16/h2-10,17H,11-13H2,1H3,(H,23,25)(H,24,26)(H3,21,22,27)/t17-/m1/s1. The van der Waals surface area contributed by atoms with Crippen LogP contribution in [0.3, 0.4) is 0 Å². The lowest BCUT2D eigenvalue weighted by Crippen LogP contribution is -2.53. The van der Waals surface area contributed by atoms with Crippen molar-refractivity contribution in [3.63, 3.8) is 0 Å². The Morgan fingerprint density at radius 1 is 1.03 bits per heavy atom. The normalized spacial score (nSPS) is 11.2. The minimum absolute atomic E-state index is 0.372. The van der Waals surface area contributed by atoms with E-state index in [-0.39, 0.29) is 0 Å². The van der Waals surface area contributed by atoms with Crippen LogP contribution in [0, 0.1) is 0 Å². The Kier molecular flexibility index (Phi) is 8.84. The summed E-state index contributed by atoms with van der Waals surface area (Å²) in [6, 6.07) is 14.6. The summed E-state index contributed by atoms with van der Waals surface area (Å²) in [5, 5.41) is 2.36. The van der Waals surface area contributed by atoms with Crippen LogP contribution in [-0.2, 0) is 11.4 Å². The first-order valence-electron chi connectivity index (χ1n) is 8.91. The molecule has 8 nitrogen and oxygen atoms in total. The molecule has 4 amide bonds. The molecule has 0 aliphatic rings. The number of thioether (sulfide) groups is 1. The topological polar surface area (TPSA) is 123 Å². The van der Waals surface area contributed by atoms with Gasteiger partial charge in [0, 0.05) is 5.56 Å². The maximum atomic E-state index is 12.2. The van der Waals surface area contributed by atoms with E-state index >= 15 is 0 Å². The molecule has 0 spiro atoms. The summed E-state index contributed by atoms with van der Waals surface area (Å²) in [6.45, 7) is 0.374. The van der Waals surface area contributed by atoms with Gasteiger partial charge in [0.1, 0.15) is 18.4 Å². The van der Waals surface area contributed by atoms with Crippen LogP contribution in [0.25, 0.3) is 0 Å². The third-order valence-corrected chi connectivity index (χ3v) is 4.55. The fourth-order valence-corrected chi connectivity index (χ4v) is 2.86. The van der Waals surface area contributed by atoms with E-state index in [1.165, 1.54) is 11.8 Å². The third-order valence-electron chi connectivity index (χ3n) is 3.91. The van der Waals surface area contributed by atoms with Crippen molar-refractivity contribution in [2.24, 2.45) is 5.73 Å². The van der Waals surface area contributed by atoms with Gasteiger partial charge in [-0.25, -0.2) is 4.79 Å². The number of para-hydroxylation sites is 1. The highest BCUT2D eigenvalue weighted by molar-refractivity contribution is 7.98. The van der Waals surface area contributed by atoms with E-state index in [0.717, 1.165) is 11.3 Å². The van der Waals surface area contributed by atoms with E-state index in [0.29, 0.717) is 24.3 Å². The highest BCUT2D eigenvalue weighted by atomic mass is 32.2. The van der Waals surface area contributed by atoms with Gasteiger partial charge < -0.3 is 15.8 Å². The number of nitrogens with one attached hydrogen (secondary N) is 3. The number of rotatable bonds is 9. The van der Waals surface area contributed by atoms with Gasteiger partial charge in [0.05, 0.1) is 0 Å². The minimum Gasteiger partial charge on any atom is -0.489 e. The zero-order chi connectivity index (χ0) is 21.1. The number of hydrazine groups is 1. The van der Waals surface area contributed by atoms with Gasteiger partial charge in [0.15, 0.2) is 0 Å². The van der Waals surface area contributed by atoms with Crippen molar-refractivity contribution in [1.82, 2.24) is 16.2 Å². The molecule has 0 radical (unpaired) electrons. The number of nitrogens with two attached hydrogens (primary N) is 1. The van der Waals surface area contributed by atoms with Crippen molar-refractivity contribution >= 4 is 29.6 Å². The highest BCUT2D eigenvalue weighted by Crippen LogP contribution is 2.12. The number of benzene rings is 2. The number of carbonyl (C=O) groups is 3. The average Bonchev–Trinajstić information content (AvgIpc) is 2.74. The maximum Gasteiger partial charge on any atom is 0.312 e. The molecule has 2 aromatic carbocycles. The summed E-state index contributed by atoms with van der Waals surface area (Å²) in [6.07, 6.45) is 2.28. The summed E-state index contributed by atoms with van der Waals surface area (Å²) in [4.78, 5) is 35.4. The smallest absolute Gasteiger partial charge is 0.312 e. The van der Waals surface area contributed by atoms with Gasteiger partial charge in [-0.3, -0.25) is 20.4 Å². The van der Waals surface area contributed by atoms with Gasteiger partial charge in [0.2, 0.25) is 0 Å². The Labute approximate surface area is 173 Å². The molecule has 0 aromatic heterocycles. The predicted octanol–water partition coefficient (Wildman–Crippen LogP) is 1.82. The minimum atomic E-state index is -0.822. The van der Waals surface area contributed by atoms with Crippen LogP contribution in [0.5, 0.6) is 5.75 Å². The quantitative estimate of drug-likeness (QED) is 0.465. The van der Waals surface area contributed by atoms with E-state index in [1.807, 2.05) is 36.6 Å². The molecule has 1 atom stereocenters. The molecule has 0 aliphatic heterocycles. The number of ether oxygens (including phenoxy) is 1. The predicted molar refractivity (Wildman–Crippen MR) is 112 cm³/mol. The molecule has 0 saturated heterocycles. The Balaban J connectivity index is 1.84. The zero-order valence-corrected chi connectivity index (χ0v) is 16.8. The fraction of sp³-hybridized carbons (Fsp3) is 0.250. The summed E-state index contributed by atoms with van der Waals surface area (Å²) >= 11 is 1.53. The van der Waals surface area contributed by atoms with Crippen molar-refractivity contribution in [3.05, 3.63) is 65.7 Å². The number of primary amides is 1. The highest BCUT2D eigenvalue weighted by Gasteiger charge is 2.20. The van der Waals surface area contributed by atoms with Gasteiger partial charge in [-0.1, -0.05) is 30.3 Å². The summed E-state index contributed by atoms with van der Waals surface area (Å²) in [5.41, 5.74) is 11.0. The molecule has 0 aliphatic carbocycles. The Hall–Kier alpha value is -3.20. The summed E-state index contributed by atoms with van der Waals surface area (Å²) in [7, 11) is 0. The van der Waals surface area contributed by atoms with E-state index in [2.05, 4.69) is 16.2 Å². The molecule has 5 N–H and O–H groups in total. The molecule has 154 valence electrons. The molecule has 9 heteroatoms. The number of hydrogen-bond donors (Lipinski definition) is 4. The first-order valence-corrected chi connectivity index (χ1v) is 10.3.